The van der Waals surface area contributed by atoms with E-state index in [4.69, 9.17) is 0 Å². The van der Waals surface area contributed by atoms with Crippen LogP contribution in [0.2, 0.25) is 0 Å². The summed E-state index contributed by atoms with van der Waals surface area (Å²) < 4.78 is 23.9. The normalized spacial score (nSPS) is 18.9. The molecule has 4 nitrogen and oxygen atoms in total. The molecular weight excluding hydrogens is 316 g/mol. The molecule has 0 unspecified atom stereocenters. The Morgan fingerprint density at radius 3 is 2.61 bits per heavy atom. The summed E-state index contributed by atoms with van der Waals surface area (Å²) in [6.45, 7) is 1.94. The Bertz CT molecular complexity index is 517. The van der Waals surface area contributed by atoms with E-state index in [0.29, 0.717) is 13.1 Å². The molecule has 0 atom stereocenters. The fourth-order valence-corrected chi connectivity index (χ4v) is 3.67. The van der Waals surface area contributed by atoms with E-state index in [2.05, 4.69) is 38.3 Å². The fraction of sp³-hybridized carbons (Fsp3) is 0.500. The van der Waals surface area contributed by atoms with Crippen molar-refractivity contribution < 1.29 is 8.42 Å². The van der Waals surface area contributed by atoms with Crippen molar-refractivity contribution in [2.75, 3.05) is 36.5 Å². The van der Waals surface area contributed by atoms with Gasteiger partial charge < -0.3 is 10.2 Å². The van der Waals surface area contributed by atoms with Crippen molar-refractivity contribution in [1.82, 2.24) is 5.32 Å². The highest BCUT2D eigenvalue weighted by Gasteiger charge is 2.23. The number of anilines is 1. The summed E-state index contributed by atoms with van der Waals surface area (Å²) in [6, 6.07) is 6.14. The van der Waals surface area contributed by atoms with Gasteiger partial charge in [-0.15, -0.1) is 0 Å². The van der Waals surface area contributed by atoms with Crippen LogP contribution in [0.3, 0.4) is 0 Å². The van der Waals surface area contributed by atoms with Crippen molar-refractivity contribution in [2.45, 2.75) is 6.54 Å². The van der Waals surface area contributed by atoms with Gasteiger partial charge in [0.2, 0.25) is 0 Å². The van der Waals surface area contributed by atoms with Crippen molar-refractivity contribution in [1.29, 1.82) is 0 Å². The van der Waals surface area contributed by atoms with Gasteiger partial charge in [0, 0.05) is 29.8 Å². The highest BCUT2D eigenvalue weighted by Crippen LogP contribution is 2.26. The van der Waals surface area contributed by atoms with E-state index in [1.165, 1.54) is 5.56 Å². The first-order valence-electron chi connectivity index (χ1n) is 5.90. The summed E-state index contributed by atoms with van der Waals surface area (Å²) in [5.41, 5.74) is 2.31. The average molecular weight is 333 g/mol. The molecule has 0 aliphatic carbocycles. The maximum atomic E-state index is 11.5. The second kappa shape index (κ2) is 5.59. The molecule has 1 aliphatic heterocycles. The maximum Gasteiger partial charge on any atom is 0.153 e. The number of halogens is 1. The lowest BCUT2D eigenvalue weighted by molar-refractivity contribution is 0.586. The standard InChI is InChI=1S/C12H17BrN2O2S/c1-14-9-10-2-3-11(13)8-12(10)15-4-6-18(16,17)7-5-15/h2-3,8,14H,4-7,9H2,1H3. The van der Waals surface area contributed by atoms with Gasteiger partial charge in [0.25, 0.3) is 0 Å². The van der Waals surface area contributed by atoms with E-state index in [-0.39, 0.29) is 11.5 Å². The van der Waals surface area contributed by atoms with Crippen LogP contribution in [0.5, 0.6) is 0 Å². The summed E-state index contributed by atoms with van der Waals surface area (Å²) in [5.74, 6) is 0.497. The van der Waals surface area contributed by atoms with Gasteiger partial charge >= 0.3 is 0 Å². The van der Waals surface area contributed by atoms with Crippen LogP contribution in [0.4, 0.5) is 5.69 Å². The third kappa shape index (κ3) is 3.24. The Morgan fingerprint density at radius 1 is 1.33 bits per heavy atom. The van der Waals surface area contributed by atoms with Gasteiger partial charge in [0.05, 0.1) is 11.5 Å². The molecule has 0 aromatic heterocycles. The number of hydrogen-bond acceptors (Lipinski definition) is 4. The zero-order valence-electron chi connectivity index (χ0n) is 10.3. The van der Waals surface area contributed by atoms with Crippen LogP contribution in [0.25, 0.3) is 0 Å². The molecule has 1 fully saturated rings. The highest BCUT2D eigenvalue weighted by atomic mass is 79.9. The van der Waals surface area contributed by atoms with Gasteiger partial charge in [-0.05, 0) is 24.7 Å². The van der Waals surface area contributed by atoms with Crippen molar-refractivity contribution in [3.8, 4) is 0 Å². The number of benzene rings is 1. The second-order valence-corrected chi connectivity index (χ2v) is 7.66. The van der Waals surface area contributed by atoms with E-state index in [1.54, 1.807) is 0 Å². The van der Waals surface area contributed by atoms with Crippen LogP contribution in [0, 0.1) is 0 Å². The van der Waals surface area contributed by atoms with Crippen molar-refractivity contribution in [3.63, 3.8) is 0 Å². The summed E-state index contributed by atoms with van der Waals surface area (Å²) in [6.07, 6.45) is 0. The van der Waals surface area contributed by atoms with Gasteiger partial charge in [-0.1, -0.05) is 22.0 Å². The zero-order valence-corrected chi connectivity index (χ0v) is 12.7. The quantitative estimate of drug-likeness (QED) is 0.909. The van der Waals surface area contributed by atoms with Gasteiger partial charge in [0.1, 0.15) is 0 Å². The lowest BCUT2D eigenvalue weighted by Gasteiger charge is -2.30. The average Bonchev–Trinajstić information content (AvgIpc) is 2.32. The third-order valence-corrected chi connectivity index (χ3v) is 5.20. The minimum atomic E-state index is -2.83. The van der Waals surface area contributed by atoms with Crippen LogP contribution in [0.15, 0.2) is 22.7 Å². The monoisotopic (exact) mass is 332 g/mol. The fourth-order valence-electron chi connectivity index (χ4n) is 2.12. The highest BCUT2D eigenvalue weighted by molar-refractivity contribution is 9.10. The largest absolute Gasteiger partial charge is 0.369 e. The number of sulfone groups is 1. The van der Waals surface area contributed by atoms with Crippen LogP contribution >= 0.6 is 15.9 Å². The van der Waals surface area contributed by atoms with Crippen LogP contribution < -0.4 is 10.2 Å². The number of hydrogen-bond donors (Lipinski definition) is 1. The molecule has 6 heteroatoms. The molecule has 100 valence electrons. The first kappa shape index (κ1) is 13.8. The minimum absolute atomic E-state index is 0.249. The molecule has 0 bridgehead atoms. The van der Waals surface area contributed by atoms with E-state index in [9.17, 15) is 8.42 Å². The Balaban J connectivity index is 2.24. The van der Waals surface area contributed by atoms with Gasteiger partial charge in [-0.25, -0.2) is 8.42 Å². The summed E-state index contributed by atoms with van der Waals surface area (Å²) >= 11 is 3.47. The molecule has 1 aromatic rings. The Labute approximate surface area is 116 Å². The molecule has 0 amide bonds. The number of rotatable bonds is 3. The van der Waals surface area contributed by atoms with E-state index in [0.717, 1.165) is 16.7 Å². The van der Waals surface area contributed by atoms with E-state index in [1.807, 2.05) is 13.1 Å². The molecule has 0 spiro atoms. The van der Waals surface area contributed by atoms with Crippen molar-refractivity contribution >= 4 is 31.5 Å². The smallest absolute Gasteiger partial charge is 0.153 e. The lowest BCUT2D eigenvalue weighted by atomic mass is 10.1. The Hall–Kier alpha value is -0.590. The Morgan fingerprint density at radius 2 is 2.00 bits per heavy atom. The van der Waals surface area contributed by atoms with Crippen LogP contribution in [-0.4, -0.2) is 40.1 Å². The SMILES string of the molecule is CNCc1ccc(Br)cc1N1CCS(=O)(=O)CC1. The molecule has 18 heavy (non-hydrogen) atoms. The second-order valence-electron chi connectivity index (χ2n) is 4.44. The summed E-state index contributed by atoms with van der Waals surface area (Å²) in [5, 5.41) is 3.14. The zero-order chi connectivity index (χ0) is 13.2. The lowest BCUT2D eigenvalue weighted by Crippen LogP contribution is -2.40. The van der Waals surface area contributed by atoms with Gasteiger partial charge in [-0.3, -0.25) is 0 Å². The molecule has 0 radical (unpaired) electrons. The molecule has 1 aromatic carbocycles. The van der Waals surface area contributed by atoms with Crippen LogP contribution in [-0.2, 0) is 16.4 Å². The van der Waals surface area contributed by atoms with Crippen molar-refractivity contribution in [2.24, 2.45) is 0 Å². The molecular formula is C12H17BrN2O2S. The number of nitrogens with zero attached hydrogens (tertiary/aromatic N) is 1. The predicted octanol–water partition coefficient (Wildman–Crippen LogP) is 1.40. The first-order chi connectivity index (χ1) is 8.52. The topological polar surface area (TPSA) is 49.4 Å². The molecule has 2 rings (SSSR count). The number of nitrogens with one attached hydrogen (secondary N) is 1. The molecule has 1 N–H and O–H groups in total. The van der Waals surface area contributed by atoms with E-state index >= 15 is 0 Å². The molecule has 1 aliphatic rings. The Kier molecular flexibility index (Phi) is 4.29. The van der Waals surface area contributed by atoms with Gasteiger partial charge in [0.15, 0.2) is 9.84 Å². The molecule has 1 heterocycles. The molecule has 0 saturated carbocycles. The first-order valence-corrected chi connectivity index (χ1v) is 8.52. The third-order valence-electron chi connectivity index (χ3n) is 3.10. The minimum Gasteiger partial charge on any atom is -0.369 e. The maximum absolute atomic E-state index is 11.5. The predicted molar refractivity (Wildman–Crippen MR) is 77.8 cm³/mol. The van der Waals surface area contributed by atoms with E-state index < -0.39 is 9.84 Å². The molecule has 1 saturated heterocycles. The van der Waals surface area contributed by atoms with Gasteiger partial charge in [-0.2, -0.15) is 0 Å². The summed E-state index contributed by atoms with van der Waals surface area (Å²) in [7, 11) is -0.919. The van der Waals surface area contributed by atoms with Crippen LogP contribution in [0.1, 0.15) is 5.56 Å². The summed E-state index contributed by atoms with van der Waals surface area (Å²) in [4.78, 5) is 2.15. The van der Waals surface area contributed by atoms with Crippen molar-refractivity contribution in [3.05, 3.63) is 28.2 Å².